The van der Waals surface area contributed by atoms with Crippen LogP contribution in [-0.4, -0.2) is 24.0 Å². The smallest absolute Gasteiger partial charge is 0.227 e. The Bertz CT molecular complexity index is 359. The monoisotopic (exact) mass is 239 g/mol. The fourth-order valence-corrected chi connectivity index (χ4v) is 2.37. The van der Waals surface area contributed by atoms with E-state index in [2.05, 4.69) is 17.2 Å². The molecule has 1 unspecified atom stereocenters. The van der Waals surface area contributed by atoms with Crippen LogP contribution >= 0.6 is 11.3 Å². The molecule has 2 rings (SSSR count). The van der Waals surface area contributed by atoms with E-state index in [-0.39, 0.29) is 17.2 Å². The lowest BCUT2D eigenvalue weighted by Crippen LogP contribution is -2.38. The average Bonchev–Trinajstić information content (AvgIpc) is 2.91. The molecule has 1 atom stereocenters. The van der Waals surface area contributed by atoms with Crippen molar-refractivity contribution < 1.29 is 4.79 Å². The third kappa shape index (κ3) is 2.25. The second kappa shape index (κ2) is 4.51. The Labute approximate surface area is 99.3 Å². The van der Waals surface area contributed by atoms with Gasteiger partial charge >= 0.3 is 0 Å². The molecule has 4 nitrogen and oxygen atoms in total. The molecule has 16 heavy (non-hydrogen) atoms. The van der Waals surface area contributed by atoms with Crippen LogP contribution < -0.4 is 11.1 Å². The van der Waals surface area contributed by atoms with E-state index in [9.17, 15) is 4.79 Å². The Morgan fingerprint density at radius 1 is 1.75 bits per heavy atom. The third-order valence-corrected chi connectivity index (χ3v) is 4.17. The van der Waals surface area contributed by atoms with Crippen LogP contribution in [0.15, 0.2) is 11.6 Å². The SMILES string of the molecule is CC(CNC(=O)C1(CN)CC1)c1nccs1. The van der Waals surface area contributed by atoms with Crippen molar-refractivity contribution in [1.29, 1.82) is 0 Å². The van der Waals surface area contributed by atoms with E-state index < -0.39 is 0 Å². The molecule has 0 aromatic carbocycles. The minimum absolute atomic E-state index is 0.110. The predicted molar refractivity (Wildman–Crippen MR) is 64.3 cm³/mol. The summed E-state index contributed by atoms with van der Waals surface area (Å²) >= 11 is 1.62. The molecule has 3 N–H and O–H groups in total. The first-order valence-electron chi connectivity index (χ1n) is 5.56. The van der Waals surface area contributed by atoms with Gasteiger partial charge in [-0.25, -0.2) is 4.98 Å². The molecule has 0 bridgehead atoms. The lowest BCUT2D eigenvalue weighted by molar-refractivity contribution is -0.126. The van der Waals surface area contributed by atoms with Crippen molar-refractivity contribution in [3.8, 4) is 0 Å². The van der Waals surface area contributed by atoms with Crippen molar-refractivity contribution in [2.24, 2.45) is 11.1 Å². The Morgan fingerprint density at radius 2 is 2.50 bits per heavy atom. The van der Waals surface area contributed by atoms with Crippen molar-refractivity contribution in [2.75, 3.05) is 13.1 Å². The number of aromatic nitrogens is 1. The predicted octanol–water partition coefficient (Wildman–Crippen LogP) is 1.10. The number of thiazole rings is 1. The van der Waals surface area contributed by atoms with Gasteiger partial charge in [0, 0.05) is 30.6 Å². The Kier molecular flexibility index (Phi) is 3.25. The van der Waals surface area contributed by atoms with Gasteiger partial charge in [0.25, 0.3) is 0 Å². The van der Waals surface area contributed by atoms with Crippen molar-refractivity contribution in [1.82, 2.24) is 10.3 Å². The van der Waals surface area contributed by atoms with Crippen molar-refractivity contribution in [3.63, 3.8) is 0 Å². The van der Waals surface area contributed by atoms with Gasteiger partial charge in [-0.2, -0.15) is 0 Å². The van der Waals surface area contributed by atoms with Gasteiger partial charge in [-0.1, -0.05) is 6.92 Å². The lowest BCUT2D eigenvalue weighted by Gasteiger charge is -2.15. The summed E-state index contributed by atoms with van der Waals surface area (Å²) in [6.07, 6.45) is 3.66. The normalized spacial score (nSPS) is 19.1. The van der Waals surface area contributed by atoms with Crippen LogP contribution in [0.3, 0.4) is 0 Å². The van der Waals surface area contributed by atoms with Crippen LogP contribution in [0.5, 0.6) is 0 Å². The summed E-state index contributed by atoms with van der Waals surface area (Å²) in [7, 11) is 0. The van der Waals surface area contributed by atoms with Gasteiger partial charge in [-0.05, 0) is 12.8 Å². The number of hydrogen-bond donors (Lipinski definition) is 2. The van der Waals surface area contributed by atoms with Gasteiger partial charge in [0.05, 0.1) is 10.4 Å². The average molecular weight is 239 g/mol. The second-order valence-corrected chi connectivity index (χ2v) is 5.39. The minimum Gasteiger partial charge on any atom is -0.355 e. The molecule has 1 saturated carbocycles. The van der Waals surface area contributed by atoms with Gasteiger partial charge < -0.3 is 11.1 Å². The lowest BCUT2D eigenvalue weighted by atomic mass is 10.1. The molecule has 1 aromatic heterocycles. The van der Waals surface area contributed by atoms with E-state index in [1.165, 1.54) is 0 Å². The molecule has 1 aliphatic carbocycles. The number of carbonyl (C=O) groups excluding carboxylic acids is 1. The molecule has 0 radical (unpaired) electrons. The Hall–Kier alpha value is -0.940. The highest BCUT2D eigenvalue weighted by molar-refractivity contribution is 7.09. The third-order valence-electron chi connectivity index (χ3n) is 3.17. The molecule has 5 heteroatoms. The number of amides is 1. The van der Waals surface area contributed by atoms with Crippen LogP contribution in [0, 0.1) is 5.41 Å². The maximum absolute atomic E-state index is 11.8. The van der Waals surface area contributed by atoms with Crippen molar-refractivity contribution >= 4 is 17.2 Å². The standard InChI is InChI=1S/C11H17N3OS/c1-8(9-13-4-5-16-9)6-14-10(15)11(7-12)2-3-11/h4-5,8H,2-3,6-7,12H2,1H3,(H,14,15). The molecule has 1 aromatic rings. The maximum Gasteiger partial charge on any atom is 0.227 e. The van der Waals surface area contributed by atoms with E-state index in [0.717, 1.165) is 17.8 Å². The fraction of sp³-hybridized carbons (Fsp3) is 0.636. The zero-order chi connectivity index (χ0) is 11.6. The van der Waals surface area contributed by atoms with E-state index in [1.807, 2.05) is 5.38 Å². The van der Waals surface area contributed by atoms with Crippen molar-refractivity contribution in [3.05, 3.63) is 16.6 Å². The Balaban J connectivity index is 1.82. The zero-order valence-corrected chi connectivity index (χ0v) is 10.2. The highest BCUT2D eigenvalue weighted by atomic mass is 32.1. The fourth-order valence-electron chi connectivity index (χ4n) is 1.67. The quantitative estimate of drug-likeness (QED) is 0.808. The van der Waals surface area contributed by atoms with Gasteiger partial charge in [0.1, 0.15) is 0 Å². The number of hydrogen-bond acceptors (Lipinski definition) is 4. The van der Waals surface area contributed by atoms with E-state index in [4.69, 9.17) is 5.73 Å². The van der Waals surface area contributed by atoms with Crippen LogP contribution in [-0.2, 0) is 4.79 Å². The molecule has 0 aliphatic heterocycles. The molecule has 0 saturated heterocycles. The number of rotatable bonds is 5. The maximum atomic E-state index is 11.8. The van der Waals surface area contributed by atoms with E-state index in [1.54, 1.807) is 17.5 Å². The van der Waals surface area contributed by atoms with Crippen LogP contribution in [0.2, 0.25) is 0 Å². The summed E-state index contributed by atoms with van der Waals surface area (Å²) in [6, 6.07) is 0. The number of nitrogens with zero attached hydrogens (tertiary/aromatic N) is 1. The highest BCUT2D eigenvalue weighted by Gasteiger charge is 2.48. The second-order valence-electron chi connectivity index (χ2n) is 4.47. The van der Waals surface area contributed by atoms with Gasteiger partial charge in [0.2, 0.25) is 5.91 Å². The van der Waals surface area contributed by atoms with Crippen LogP contribution in [0.25, 0.3) is 0 Å². The highest BCUT2D eigenvalue weighted by Crippen LogP contribution is 2.44. The van der Waals surface area contributed by atoms with Gasteiger partial charge in [0.15, 0.2) is 0 Å². The summed E-state index contributed by atoms with van der Waals surface area (Å²) in [5, 5.41) is 5.99. The summed E-state index contributed by atoms with van der Waals surface area (Å²) in [5.41, 5.74) is 5.35. The topological polar surface area (TPSA) is 68.0 Å². The first-order valence-corrected chi connectivity index (χ1v) is 6.44. The Morgan fingerprint density at radius 3 is 3.00 bits per heavy atom. The van der Waals surface area contributed by atoms with Crippen LogP contribution in [0.1, 0.15) is 30.7 Å². The molecule has 1 fully saturated rings. The summed E-state index contributed by atoms with van der Waals surface area (Å²) in [5.74, 6) is 0.385. The van der Waals surface area contributed by atoms with E-state index >= 15 is 0 Å². The van der Waals surface area contributed by atoms with E-state index in [0.29, 0.717) is 13.1 Å². The largest absolute Gasteiger partial charge is 0.355 e. The molecule has 0 spiro atoms. The van der Waals surface area contributed by atoms with Crippen LogP contribution in [0.4, 0.5) is 0 Å². The first-order chi connectivity index (χ1) is 7.68. The minimum atomic E-state index is -0.247. The number of carbonyl (C=O) groups is 1. The molecule has 1 aliphatic rings. The number of nitrogens with one attached hydrogen (secondary N) is 1. The zero-order valence-electron chi connectivity index (χ0n) is 9.40. The molecular weight excluding hydrogens is 222 g/mol. The summed E-state index contributed by atoms with van der Waals surface area (Å²) in [6.45, 7) is 3.18. The van der Waals surface area contributed by atoms with Gasteiger partial charge in [-0.3, -0.25) is 4.79 Å². The van der Waals surface area contributed by atoms with Gasteiger partial charge in [-0.15, -0.1) is 11.3 Å². The molecule has 88 valence electrons. The summed E-state index contributed by atoms with van der Waals surface area (Å²) < 4.78 is 0. The first kappa shape index (κ1) is 11.5. The molecule has 1 amide bonds. The molecular formula is C11H17N3OS. The van der Waals surface area contributed by atoms with Crippen molar-refractivity contribution in [2.45, 2.75) is 25.7 Å². The molecule has 1 heterocycles. The number of nitrogens with two attached hydrogens (primary N) is 1. The summed E-state index contributed by atoms with van der Waals surface area (Å²) in [4.78, 5) is 16.1.